The van der Waals surface area contributed by atoms with Gasteiger partial charge in [-0.25, -0.2) is 4.79 Å². The van der Waals surface area contributed by atoms with Gasteiger partial charge in [0.15, 0.2) is 5.78 Å². The second kappa shape index (κ2) is 5.78. The molecule has 0 unspecified atom stereocenters. The van der Waals surface area contributed by atoms with E-state index in [0.29, 0.717) is 22.0 Å². The third-order valence-corrected chi connectivity index (χ3v) is 3.87. The predicted molar refractivity (Wildman–Crippen MR) is 91.5 cm³/mol. The first kappa shape index (κ1) is 15.1. The van der Waals surface area contributed by atoms with Crippen LogP contribution in [0.1, 0.15) is 17.3 Å². The van der Waals surface area contributed by atoms with E-state index in [0.717, 1.165) is 10.9 Å². The Balaban J connectivity index is 2.17. The van der Waals surface area contributed by atoms with Crippen molar-refractivity contribution in [2.24, 2.45) is 5.73 Å². The maximum absolute atomic E-state index is 11.9. The quantitative estimate of drug-likeness (QED) is 0.714. The van der Waals surface area contributed by atoms with Gasteiger partial charge in [-0.05, 0) is 31.2 Å². The zero-order valence-electron chi connectivity index (χ0n) is 12.3. The summed E-state index contributed by atoms with van der Waals surface area (Å²) < 4.78 is 1.86. The van der Waals surface area contributed by atoms with Crippen LogP contribution in [0.5, 0.6) is 0 Å². The van der Waals surface area contributed by atoms with Gasteiger partial charge in [0.05, 0.1) is 16.2 Å². The highest BCUT2D eigenvalue weighted by molar-refractivity contribution is 6.33. The summed E-state index contributed by atoms with van der Waals surface area (Å²) in [5.41, 5.74) is 7.84. The lowest BCUT2D eigenvalue weighted by Gasteiger charge is -2.10. The summed E-state index contributed by atoms with van der Waals surface area (Å²) in [5, 5.41) is 3.78. The smallest absolute Gasteiger partial charge is 0.316 e. The number of halogens is 1. The molecule has 1 aromatic heterocycles. The Morgan fingerprint density at radius 2 is 1.91 bits per heavy atom. The normalized spacial score (nSPS) is 10.7. The number of Topliss-reactive ketones (excluding diaryl/α,β-unsaturated/α-hetero) is 1. The zero-order chi connectivity index (χ0) is 16.6. The van der Waals surface area contributed by atoms with E-state index in [2.05, 4.69) is 5.32 Å². The lowest BCUT2D eigenvalue weighted by Crippen LogP contribution is -2.19. The zero-order valence-corrected chi connectivity index (χ0v) is 13.1. The molecule has 0 saturated heterocycles. The number of aromatic nitrogens is 1. The molecule has 0 radical (unpaired) electrons. The van der Waals surface area contributed by atoms with Crippen LogP contribution in [0.2, 0.25) is 5.02 Å². The van der Waals surface area contributed by atoms with Crippen LogP contribution < -0.4 is 11.1 Å². The molecule has 0 aliphatic rings. The number of benzene rings is 2. The molecule has 3 aromatic rings. The van der Waals surface area contributed by atoms with Crippen molar-refractivity contribution in [3.63, 3.8) is 0 Å². The molecule has 0 saturated carbocycles. The lowest BCUT2D eigenvalue weighted by atomic mass is 10.1. The fourth-order valence-electron chi connectivity index (χ4n) is 2.58. The Kier molecular flexibility index (Phi) is 3.80. The van der Waals surface area contributed by atoms with E-state index >= 15 is 0 Å². The van der Waals surface area contributed by atoms with Crippen molar-refractivity contribution in [3.05, 3.63) is 59.2 Å². The van der Waals surface area contributed by atoms with Crippen molar-refractivity contribution in [2.75, 3.05) is 5.32 Å². The Morgan fingerprint density at radius 3 is 2.57 bits per heavy atom. The fraction of sp³-hybridized carbons (Fsp3) is 0.0588. The van der Waals surface area contributed by atoms with Gasteiger partial charge in [0.2, 0.25) is 0 Å². The fourth-order valence-corrected chi connectivity index (χ4v) is 2.85. The van der Waals surface area contributed by atoms with E-state index in [9.17, 15) is 9.59 Å². The Bertz CT molecular complexity index is 931. The van der Waals surface area contributed by atoms with Gasteiger partial charge in [-0.1, -0.05) is 29.8 Å². The average molecular weight is 328 g/mol. The number of anilines is 1. The van der Waals surface area contributed by atoms with Crippen LogP contribution in [0.25, 0.3) is 16.6 Å². The summed E-state index contributed by atoms with van der Waals surface area (Å²) in [7, 11) is 0. The predicted octanol–water partition coefficient (Wildman–Crippen LogP) is 3.98. The van der Waals surface area contributed by atoms with Gasteiger partial charge in [-0.15, -0.1) is 0 Å². The number of nitrogens with two attached hydrogens (primary N) is 1. The largest absolute Gasteiger partial charge is 0.351 e. The monoisotopic (exact) mass is 327 g/mol. The van der Waals surface area contributed by atoms with Crippen molar-refractivity contribution in [1.29, 1.82) is 0 Å². The van der Waals surface area contributed by atoms with Crippen molar-refractivity contribution in [1.82, 2.24) is 4.57 Å². The van der Waals surface area contributed by atoms with Crippen molar-refractivity contribution in [2.45, 2.75) is 6.92 Å². The van der Waals surface area contributed by atoms with Crippen LogP contribution >= 0.6 is 11.6 Å². The van der Waals surface area contributed by atoms with Gasteiger partial charge < -0.3 is 15.6 Å². The van der Waals surface area contributed by atoms with Crippen molar-refractivity contribution in [3.8, 4) is 5.69 Å². The third kappa shape index (κ3) is 2.78. The number of rotatable bonds is 3. The molecule has 3 N–H and O–H groups in total. The first-order valence-corrected chi connectivity index (χ1v) is 7.32. The molecule has 2 amide bonds. The van der Waals surface area contributed by atoms with Crippen LogP contribution in [-0.2, 0) is 0 Å². The van der Waals surface area contributed by atoms with Gasteiger partial charge in [0.1, 0.15) is 0 Å². The minimum atomic E-state index is -0.654. The molecule has 0 spiro atoms. The number of hydrogen-bond donors (Lipinski definition) is 2. The number of ketones is 1. The van der Waals surface area contributed by atoms with E-state index in [-0.39, 0.29) is 5.78 Å². The van der Waals surface area contributed by atoms with Crippen LogP contribution in [-0.4, -0.2) is 16.4 Å². The molecule has 5 nitrogen and oxygen atoms in total. The Morgan fingerprint density at radius 1 is 1.17 bits per heavy atom. The molecule has 0 aliphatic carbocycles. The molecule has 3 rings (SSSR count). The number of primary amides is 1. The van der Waals surface area contributed by atoms with Gasteiger partial charge in [0.25, 0.3) is 0 Å². The van der Waals surface area contributed by atoms with E-state index in [4.69, 9.17) is 17.3 Å². The molecule has 1 heterocycles. The topological polar surface area (TPSA) is 77.1 Å². The molecule has 0 aliphatic heterocycles. The molecule has 0 bridgehead atoms. The first-order valence-electron chi connectivity index (χ1n) is 6.95. The minimum Gasteiger partial charge on any atom is -0.351 e. The SMILES string of the molecule is CC(=O)c1cn(-c2ccc(NC(N)=O)cc2Cl)c2ccccc12. The maximum atomic E-state index is 11.9. The highest BCUT2D eigenvalue weighted by atomic mass is 35.5. The van der Waals surface area contributed by atoms with E-state index < -0.39 is 6.03 Å². The molecule has 6 heteroatoms. The Hall–Kier alpha value is -2.79. The third-order valence-electron chi connectivity index (χ3n) is 3.57. The van der Waals surface area contributed by atoms with Crippen LogP contribution in [0, 0.1) is 0 Å². The van der Waals surface area contributed by atoms with Crippen LogP contribution in [0.4, 0.5) is 10.5 Å². The maximum Gasteiger partial charge on any atom is 0.316 e. The highest BCUT2D eigenvalue weighted by Crippen LogP contribution is 2.30. The van der Waals surface area contributed by atoms with Crippen LogP contribution in [0.3, 0.4) is 0 Å². The molecule has 0 fully saturated rings. The summed E-state index contributed by atoms with van der Waals surface area (Å²) in [6, 6.07) is 12.1. The van der Waals surface area contributed by atoms with Crippen LogP contribution in [0.15, 0.2) is 48.7 Å². The number of fused-ring (bicyclic) bond motifs is 1. The number of hydrogen-bond acceptors (Lipinski definition) is 2. The number of urea groups is 1. The number of carbonyl (C=O) groups is 2. The second-order valence-electron chi connectivity index (χ2n) is 5.14. The van der Waals surface area contributed by atoms with Gasteiger partial charge in [-0.2, -0.15) is 0 Å². The summed E-state index contributed by atoms with van der Waals surface area (Å²) in [5.74, 6) is -0.0110. The van der Waals surface area contributed by atoms with E-state index in [1.54, 1.807) is 24.4 Å². The van der Waals surface area contributed by atoms with Crippen molar-refractivity contribution >= 4 is 40.0 Å². The van der Waals surface area contributed by atoms with Crippen molar-refractivity contribution < 1.29 is 9.59 Å². The molecule has 2 aromatic carbocycles. The number of para-hydroxylation sites is 1. The van der Waals surface area contributed by atoms with Gasteiger partial charge >= 0.3 is 6.03 Å². The summed E-state index contributed by atoms with van der Waals surface area (Å²) in [6.07, 6.45) is 1.77. The molecular weight excluding hydrogens is 314 g/mol. The molecular formula is C17H14ClN3O2. The summed E-state index contributed by atoms with van der Waals surface area (Å²) in [4.78, 5) is 22.8. The number of nitrogens with one attached hydrogen (secondary N) is 1. The molecule has 116 valence electrons. The Labute approximate surface area is 137 Å². The molecule has 0 atom stereocenters. The summed E-state index contributed by atoms with van der Waals surface area (Å²) in [6.45, 7) is 1.54. The second-order valence-corrected chi connectivity index (χ2v) is 5.55. The highest BCUT2D eigenvalue weighted by Gasteiger charge is 2.14. The summed E-state index contributed by atoms with van der Waals surface area (Å²) >= 11 is 6.34. The molecule has 23 heavy (non-hydrogen) atoms. The average Bonchev–Trinajstić information content (AvgIpc) is 2.86. The number of carbonyl (C=O) groups excluding carboxylic acids is 2. The number of nitrogens with zero attached hydrogens (tertiary/aromatic N) is 1. The van der Waals surface area contributed by atoms with E-state index in [1.807, 2.05) is 28.8 Å². The standard InChI is InChI=1S/C17H14ClN3O2/c1-10(22)13-9-21(15-5-3-2-4-12(13)15)16-7-6-11(8-14(16)18)20-17(19)23/h2-9H,1H3,(H3,19,20,23). The lowest BCUT2D eigenvalue weighted by molar-refractivity contribution is 0.101. The van der Waals surface area contributed by atoms with Gasteiger partial charge in [-0.3, -0.25) is 4.79 Å². The van der Waals surface area contributed by atoms with Gasteiger partial charge in [0, 0.05) is 22.8 Å². The minimum absolute atomic E-state index is 0.0110. The number of amides is 2. The van der Waals surface area contributed by atoms with E-state index in [1.165, 1.54) is 6.92 Å². The first-order chi connectivity index (χ1) is 11.0.